The molecular weight excluding hydrogens is 188 g/mol. The number of likely N-dealkylation sites (N-methyl/N-ethyl adjacent to an activating group) is 1. The second-order valence-electron chi connectivity index (χ2n) is 4.74. The van der Waals surface area contributed by atoms with Gasteiger partial charge in [-0.3, -0.25) is 0 Å². The third kappa shape index (κ3) is 1.57. The summed E-state index contributed by atoms with van der Waals surface area (Å²) >= 11 is 0. The van der Waals surface area contributed by atoms with Crippen LogP contribution in [0.15, 0.2) is 0 Å². The molecule has 2 aliphatic carbocycles. The van der Waals surface area contributed by atoms with Crippen molar-refractivity contribution in [3.8, 4) is 0 Å². The van der Waals surface area contributed by atoms with Crippen LogP contribution in [-0.2, 0) is 6.42 Å². The summed E-state index contributed by atoms with van der Waals surface area (Å²) in [6.45, 7) is 1.04. The lowest BCUT2D eigenvalue weighted by molar-refractivity contribution is 0.501. The Labute approximate surface area is 90.0 Å². The van der Waals surface area contributed by atoms with E-state index in [9.17, 15) is 0 Å². The fourth-order valence-electron chi connectivity index (χ4n) is 2.60. The van der Waals surface area contributed by atoms with Crippen LogP contribution in [0, 0.1) is 0 Å². The van der Waals surface area contributed by atoms with Gasteiger partial charge >= 0.3 is 0 Å². The second kappa shape index (κ2) is 3.59. The van der Waals surface area contributed by atoms with Gasteiger partial charge in [-0.1, -0.05) is 5.21 Å². The highest BCUT2D eigenvalue weighted by atomic mass is 15.5. The number of nitrogens with zero attached hydrogens (tertiary/aromatic N) is 3. The molecule has 15 heavy (non-hydrogen) atoms. The van der Waals surface area contributed by atoms with Crippen LogP contribution in [0.2, 0.25) is 0 Å². The lowest BCUT2D eigenvalue weighted by atomic mass is 9.89. The molecule has 1 unspecified atom stereocenters. The Morgan fingerprint density at radius 3 is 3.00 bits per heavy atom. The first-order chi connectivity index (χ1) is 7.40. The predicted octanol–water partition coefficient (Wildman–Crippen LogP) is 1.25. The Morgan fingerprint density at radius 2 is 2.27 bits per heavy atom. The van der Waals surface area contributed by atoms with Crippen LogP contribution >= 0.6 is 0 Å². The molecular formula is C11H18N4. The smallest absolute Gasteiger partial charge is 0.0902 e. The SMILES string of the molecule is CNCC1CCCc2c1nnn2C1CC1. The number of nitrogens with one attached hydrogen (secondary N) is 1. The number of fused-ring (bicyclic) bond motifs is 1. The molecule has 4 nitrogen and oxygen atoms in total. The van der Waals surface area contributed by atoms with E-state index in [0.29, 0.717) is 12.0 Å². The van der Waals surface area contributed by atoms with Crippen LogP contribution in [0.4, 0.5) is 0 Å². The average Bonchev–Trinajstić information content (AvgIpc) is 3.00. The van der Waals surface area contributed by atoms with E-state index in [2.05, 4.69) is 20.3 Å². The summed E-state index contributed by atoms with van der Waals surface area (Å²) in [5, 5.41) is 12.0. The molecule has 0 bridgehead atoms. The average molecular weight is 206 g/mol. The molecule has 1 saturated carbocycles. The van der Waals surface area contributed by atoms with Crippen LogP contribution < -0.4 is 5.32 Å². The van der Waals surface area contributed by atoms with Crippen molar-refractivity contribution >= 4 is 0 Å². The topological polar surface area (TPSA) is 42.7 Å². The van der Waals surface area contributed by atoms with Crippen molar-refractivity contribution < 1.29 is 0 Å². The van der Waals surface area contributed by atoms with Gasteiger partial charge in [-0.05, 0) is 39.2 Å². The molecule has 1 heterocycles. The van der Waals surface area contributed by atoms with Gasteiger partial charge in [0.2, 0.25) is 0 Å². The minimum Gasteiger partial charge on any atom is -0.319 e. The quantitative estimate of drug-likeness (QED) is 0.809. The molecule has 82 valence electrons. The van der Waals surface area contributed by atoms with Crippen LogP contribution in [0.25, 0.3) is 0 Å². The normalized spacial score (nSPS) is 25.3. The molecule has 3 rings (SSSR count). The van der Waals surface area contributed by atoms with Gasteiger partial charge < -0.3 is 5.32 Å². The van der Waals surface area contributed by atoms with E-state index in [-0.39, 0.29) is 0 Å². The Hall–Kier alpha value is -0.900. The standard InChI is InChI=1S/C11H18N4/c1-12-7-8-3-2-4-10-11(8)13-14-15(10)9-5-6-9/h8-9,12H,2-7H2,1H3. The van der Waals surface area contributed by atoms with Crippen molar-refractivity contribution in [2.45, 2.75) is 44.1 Å². The van der Waals surface area contributed by atoms with E-state index in [1.165, 1.54) is 43.5 Å². The van der Waals surface area contributed by atoms with Crippen molar-refractivity contribution in [1.82, 2.24) is 20.3 Å². The minimum atomic E-state index is 0.589. The van der Waals surface area contributed by atoms with Crippen LogP contribution in [-0.4, -0.2) is 28.6 Å². The molecule has 0 saturated heterocycles. The first-order valence-corrected chi connectivity index (χ1v) is 5.98. The molecule has 0 radical (unpaired) electrons. The largest absolute Gasteiger partial charge is 0.319 e. The fourth-order valence-corrected chi connectivity index (χ4v) is 2.60. The highest BCUT2D eigenvalue weighted by Crippen LogP contribution is 2.38. The molecule has 0 aromatic carbocycles. The van der Waals surface area contributed by atoms with Gasteiger partial charge in [-0.2, -0.15) is 0 Å². The Balaban J connectivity index is 1.91. The molecule has 4 heteroatoms. The number of aromatic nitrogens is 3. The molecule has 1 N–H and O–H groups in total. The van der Waals surface area contributed by atoms with Crippen LogP contribution in [0.3, 0.4) is 0 Å². The maximum absolute atomic E-state index is 4.39. The summed E-state index contributed by atoms with van der Waals surface area (Å²) in [4.78, 5) is 0. The number of rotatable bonds is 3. The molecule has 0 amide bonds. The molecule has 2 aliphatic rings. The Kier molecular flexibility index (Phi) is 2.24. The third-order valence-corrected chi connectivity index (χ3v) is 3.52. The Bertz CT molecular complexity index is 353. The van der Waals surface area contributed by atoms with Gasteiger partial charge in [0.15, 0.2) is 0 Å². The maximum Gasteiger partial charge on any atom is 0.0902 e. The highest BCUT2D eigenvalue weighted by molar-refractivity contribution is 5.20. The van der Waals surface area contributed by atoms with E-state index in [1.807, 2.05) is 7.05 Å². The number of hydrogen-bond acceptors (Lipinski definition) is 3. The maximum atomic E-state index is 4.39. The second-order valence-corrected chi connectivity index (χ2v) is 4.74. The van der Waals surface area contributed by atoms with E-state index >= 15 is 0 Å². The molecule has 0 spiro atoms. The van der Waals surface area contributed by atoms with Gasteiger partial charge in [0.05, 0.1) is 17.4 Å². The van der Waals surface area contributed by atoms with E-state index in [4.69, 9.17) is 0 Å². The fraction of sp³-hybridized carbons (Fsp3) is 0.818. The first-order valence-electron chi connectivity index (χ1n) is 5.98. The summed E-state index contributed by atoms with van der Waals surface area (Å²) in [5.41, 5.74) is 2.69. The van der Waals surface area contributed by atoms with E-state index in [1.54, 1.807) is 0 Å². The van der Waals surface area contributed by atoms with Crippen molar-refractivity contribution in [1.29, 1.82) is 0 Å². The minimum absolute atomic E-state index is 0.589. The van der Waals surface area contributed by atoms with Gasteiger partial charge in [0.25, 0.3) is 0 Å². The van der Waals surface area contributed by atoms with E-state index < -0.39 is 0 Å². The lowest BCUT2D eigenvalue weighted by Crippen LogP contribution is -2.22. The molecule has 0 aliphatic heterocycles. The zero-order chi connectivity index (χ0) is 10.3. The van der Waals surface area contributed by atoms with Gasteiger partial charge in [-0.15, -0.1) is 5.10 Å². The summed E-state index contributed by atoms with van der Waals surface area (Å²) in [6.07, 6.45) is 6.33. The first kappa shape index (κ1) is 9.33. The molecule has 1 aromatic heterocycles. The van der Waals surface area contributed by atoms with Crippen molar-refractivity contribution in [2.75, 3.05) is 13.6 Å². The van der Waals surface area contributed by atoms with Crippen molar-refractivity contribution in [2.24, 2.45) is 0 Å². The van der Waals surface area contributed by atoms with Gasteiger partial charge in [-0.25, -0.2) is 4.68 Å². The summed E-state index contributed by atoms with van der Waals surface area (Å²) in [5.74, 6) is 0.589. The lowest BCUT2D eigenvalue weighted by Gasteiger charge is -2.21. The van der Waals surface area contributed by atoms with Crippen molar-refractivity contribution in [3.05, 3.63) is 11.4 Å². The highest BCUT2D eigenvalue weighted by Gasteiger charge is 2.32. The monoisotopic (exact) mass is 206 g/mol. The van der Waals surface area contributed by atoms with Crippen LogP contribution in [0.1, 0.15) is 49.0 Å². The van der Waals surface area contributed by atoms with Gasteiger partial charge in [0.1, 0.15) is 0 Å². The number of hydrogen-bond donors (Lipinski definition) is 1. The van der Waals surface area contributed by atoms with E-state index in [0.717, 1.165) is 6.54 Å². The predicted molar refractivity (Wildman–Crippen MR) is 57.9 cm³/mol. The molecule has 1 fully saturated rings. The van der Waals surface area contributed by atoms with Crippen molar-refractivity contribution in [3.63, 3.8) is 0 Å². The molecule has 1 atom stereocenters. The van der Waals surface area contributed by atoms with Gasteiger partial charge in [0, 0.05) is 12.5 Å². The summed E-state index contributed by atoms with van der Waals surface area (Å²) in [6, 6.07) is 0.676. The Morgan fingerprint density at radius 1 is 1.40 bits per heavy atom. The summed E-state index contributed by atoms with van der Waals surface area (Å²) in [7, 11) is 2.01. The molecule has 1 aromatic rings. The summed E-state index contributed by atoms with van der Waals surface area (Å²) < 4.78 is 2.19. The third-order valence-electron chi connectivity index (χ3n) is 3.52. The zero-order valence-electron chi connectivity index (χ0n) is 9.24. The zero-order valence-corrected chi connectivity index (χ0v) is 9.24. The van der Waals surface area contributed by atoms with Crippen LogP contribution in [0.5, 0.6) is 0 Å².